The molecule has 1 unspecified atom stereocenters. The lowest BCUT2D eigenvalue weighted by molar-refractivity contribution is 0.104. The number of nitrogens with one attached hydrogen (secondary N) is 1. The van der Waals surface area contributed by atoms with Gasteiger partial charge in [-0.15, -0.1) is 0 Å². The van der Waals surface area contributed by atoms with Gasteiger partial charge in [0.15, 0.2) is 0 Å². The first-order valence-corrected chi connectivity index (χ1v) is 5.40. The van der Waals surface area contributed by atoms with Crippen LogP contribution in [0, 0.1) is 0 Å². The molecule has 0 radical (unpaired) electrons. The van der Waals surface area contributed by atoms with Gasteiger partial charge >= 0.3 is 0 Å². The summed E-state index contributed by atoms with van der Waals surface area (Å²) in [6.07, 6.45) is -4.57. The summed E-state index contributed by atoms with van der Waals surface area (Å²) in [5, 5.41) is 12.2. The second-order valence-corrected chi connectivity index (χ2v) is 3.44. The van der Waals surface area contributed by atoms with E-state index in [1.807, 2.05) is 0 Å². The predicted molar refractivity (Wildman–Crippen MR) is 76.7 cm³/mol. The summed E-state index contributed by atoms with van der Waals surface area (Å²) in [7, 11) is 0.879. The minimum absolute atomic E-state index is 0.543. The van der Waals surface area contributed by atoms with E-state index in [1.54, 1.807) is 0 Å². The smallest absolute Gasteiger partial charge is 0.119 e. The number of ether oxygens (including phenoxy) is 2. The Morgan fingerprint density at radius 2 is 2.16 bits per heavy atom. The van der Waals surface area contributed by atoms with Crippen molar-refractivity contribution in [3.63, 3.8) is 0 Å². The number of hydrogen-bond donors (Lipinski definition) is 2. The summed E-state index contributed by atoms with van der Waals surface area (Å²) >= 11 is 0. The Morgan fingerprint density at radius 3 is 2.79 bits per heavy atom. The average Bonchev–Trinajstić information content (AvgIpc) is 2.64. The monoisotopic (exact) mass is 281 g/mol. The highest BCUT2D eigenvalue weighted by atomic mass is 16.5. The molecule has 1 rings (SSSR count). The fourth-order valence-corrected chi connectivity index (χ4v) is 1.03. The molecule has 19 heavy (non-hydrogen) atoms. The van der Waals surface area contributed by atoms with Crippen molar-refractivity contribution in [3.05, 3.63) is 29.7 Å². The standard InChI is InChI=1S/C15H25NO3/c1-12(2)16-10-14(17)11-19-15-6-4-13(5-7-15)8-9-18-3/h4-7,12,14,16-17H,8-11H2,1-3H3/i1D3,2D3,4D,5D,6D,7D,8D2,9D2. The van der Waals surface area contributed by atoms with Gasteiger partial charge in [-0.2, -0.15) is 0 Å². The number of methoxy groups -OCH3 is 1. The molecular weight excluding hydrogens is 242 g/mol. The van der Waals surface area contributed by atoms with Gasteiger partial charge in [-0.25, -0.2) is 0 Å². The molecule has 0 amide bonds. The molecule has 0 fully saturated rings. The molecule has 4 heteroatoms. The maximum Gasteiger partial charge on any atom is 0.119 e. The van der Waals surface area contributed by atoms with Crippen molar-refractivity contribution in [2.75, 3.05) is 26.8 Å². The van der Waals surface area contributed by atoms with Crippen LogP contribution in [0.1, 0.15) is 38.5 Å². The number of aliphatic hydroxyl groups excluding tert-OH is 1. The topological polar surface area (TPSA) is 50.7 Å². The number of hydrogen-bond acceptors (Lipinski definition) is 4. The zero-order chi connectivity index (χ0) is 26.2. The first kappa shape index (κ1) is 5.02. The summed E-state index contributed by atoms with van der Waals surface area (Å²) in [4.78, 5) is 0. The van der Waals surface area contributed by atoms with Crippen molar-refractivity contribution in [3.8, 4) is 5.75 Å². The molecule has 2 N–H and O–H groups in total. The van der Waals surface area contributed by atoms with E-state index in [4.69, 9.17) is 23.9 Å². The highest BCUT2D eigenvalue weighted by Gasteiger charge is 2.05. The fourth-order valence-electron chi connectivity index (χ4n) is 1.03. The molecule has 4 nitrogen and oxygen atoms in total. The Balaban J connectivity index is 3.12. The van der Waals surface area contributed by atoms with Gasteiger partial charge in [0.25, 0.3) is 0 Å². The quantitative estimate of drug-likeness (QED) is 0.722. The van der Waals surface area contributed by atoms with E-state index in [-0.39, 0.29) is 0 Å². The molecule has 0 bridgehead atoms. The molecule has 1 aromatic carbocycles. The van der Waals surface area contributed by atoms with Gasteiger partial charge in [0.1, 0.15) is 18.5 Å². The molecular formula is C15H25NO3. The number of benzene rings is 1. The summed E-state index contributed by atoms with van der Waals surface area (Å²) in [5.41, 5.74) is -0.892. The largest absolute Gasteiger partial charge is 0.491 e. The molecule has 0 aliphatic carbocycles. The van der Waals surface area contributed by atoms with Crippen molar-refractivity contribution in [1.29, 1.82) is 0 Å². The maximum atomic E-state index is 10.0. The Hall–Kier alpha value is -1.10. The van der Waals surface area contributed by atoms with Crippen LogP contribution < -0.4 is 10.1 Å². The van der Waals surface area contributed by atoms with Crippen molar-refractivity contribution in [2.24, 2.45) is 0 Å². The van der Waals surface area contributed by atoms with Crippen molar-refractivity contribution >= 4 is 0 Å². The second kappa shape index (κ2) is 8.91. The van der Waals surface area contributed by atoms with E-state index in [0.717, 1.165) is 7.11 Å². The first-order valence-electron chi connectivity index (χ1n) is 12.4. The third kappa shape index (κ3) is 7.15. The van der Waals surface area contributed by atoms with Crippen LogP contribution in [0.15, 0.2) is 24.2 Å². The van der Waals surface area contributed by atoms with E-state index in [2.05, 4.69) is 10.1 Å². The van der Waals surface area contributed by atoms with E-state index < -0.39 is 87.4 Å². The van der Waals surface area contributed by atoms with Crippen LogP contribution in [-0.2, 0) is 11.1 Å². The van der Waals surface area contributed by atoms with Crippen molar-refractivity contribution in [1.82, 2.24) is 5.32 Å². The van der Waals surface area contributed by atoms with Gasteiger partial charge in [0, 0.05) is 30.7 Å². The van der Waals surface area contributed by atoms with Crippen LogP contribution in [0.25, 0.3) is 0 Å². The molecule has 0 saturated heterocycles. The molecule has 0 saturated carbocycles. The summed E-state index contributed by atoms with van der Waals surface area (Å²) < 4.78 is 117. The summed E-state index contributed by atoms with van der Waals surface area (Å²) in [5.74, 6) is -0.662. The van der Waals surface area contributed by atoms with Gasteiger partial charge in [-0.1, -0.05) is 25.8 Å². The molecule has 0 aromatic heterocycles. The molecule has 0 aliphatic rings. The average molecular weight is 281 g/mol. The van der Waals surface area contributed by atoms with Crippen LogP contribution in [0.5, 0.6) is 5.75 Å². The van der Waals surface area contributed by atoms with Gasteiger partial charge < -0.3 is 19.9 Å². The highest BCUT2D eigenvalue weighted by Crippen LogP contribution is 2.12. The van der Waals surface area contributed by atoms with Crippen LogP contribution >= 0.6 is 0 Å². The zero-order valence-corrected chi connectivity index (χ0v) is 10.3. The SMILES string of the molecule is [2H]c1c([2H])c(C([2H])([2H])C([2H])([2H])OC)c([2H])c([2H])c1OCC(O)CNC(C([2H])([2H])[2H])C([2H])([2H])[2H]. The lowest BCUT2D eigenvalue weighted by Crippen LogP contribution is -2.35. The molecule has 0 spiro atoms. The van der Waals surface area contributed by atoms with Gasteiger partial charge in [-0.05, 0) is 24.0 Å². The Bertz CT molecular complexity index is 796. The molecule has 0 heterocycles. The zero-order valence-electron chi connectivity index (χ0n) is 24.3. The maximum absolute atomic E-state index is 10.0. The molecule has 0 aliphatic heterocycles. The van der Waals surface area contributed by atoms with Gasteiger partial charge in [0.2, 0.25) is 0 Å². The Labute approximate surface area is 135 Å². The lowest BCUT2D eigenvalue weighted by atomic mass is 10.1. The van der Waals surface area contributed by atoms with E-state index >= 15 is 0 Å². The van der Waals surface area contributed by atoms with Crippen LogP contribution in [0.2, 0.25) is 0 Å². The molecule has 1 aromatic rings. The van der Waals surface area contributed by atoms with E-state index in [1.165, 1.54) is 0 Å². The second-order valence-electron chi connectivity index (χ2n) is 3.44. The summed E-state index contributed by atoms with van der Waals surface area (Å²) in [6.45, 7) is -9.99. The third-order valence-corrected chi connectivity index (χ3v) is 1.86. The molecule has 1 atom stereocenters. The van der Waals surface area contributed by atoms with Gasteiger partial charge in [-0.3, -0.25) is 0 Å². The normalized spacial score (nSPS) is 26.3. The van der Waals surface area contributed by atoms with E-state index in [9.17, 15) is 5.11 Å². The number of rotatable bonds is 9. The Morgan fingerprint density at radius 1 is 1.42 bits per heavy atom. The number of aliphatic hydroxyl groups is 1. The van der Waals surface area contributed by atoms with Crippen LogP contribution in [-0.4, -0.2) is 44.1 Å². The first-order chi connectivity index (χ1) is 14.7. The van der Waals surface area contributed by atoms with Crippen LogP contribution in [0.3, 0.4) is 0 Å². The highest BCUT2D eigenvalue weighted by molar-refractivity contribution is 5.27. The van der Waals surface area contributed by atoms with Crippen LogP contribution in [0.4, 0.5) is 0 Å². The lowest BCUT2D eigenvalue weighted by Gasteiger charge is -2.15. The Kier molecular flexibility index (Phi) is 2.36. The molecule has 108 valence electrons. The minimum Gasteiger partial charge on any atom is -0.491 e. The predicted octanol–water partition coefficient (Wildman–Crippen LogP) is 1.61. The third-order valence-electron chi connectivity index (χ3n) is 1.86. The summed E-state index contributed by atoms with van der Waals surface area (Å²) in [6, 6.07) is -5.46. The van der Waals surface area contributed by atoms with E-state index in [0.29, 0.717) is 0 Å². The fraction of sp³-hybridized carbons (Fsp3) is 0.600. The minimum atomic E-state index is -3.07. The van der Waals surface area contributed by atoms with Gasteiger partial charge in [0.05, 0.1) is 14.8 Å². The van der Waals surface area contributed by atoms with Crippen molar-refractivity contribution in [2.45, 2.75) is 32.2 Å². The van der Waals surface area contributed by atoms with Crippen molar-refractivity contribution < 1.29 is 33.8 Å².